The molecule has 2 aromatic carbocycles. The second-order valence-corrected chi connectivity index (χ2v) is 8.40. The van der Waals surface area contributed by atoms with E-state index in [0.29, 0.717) is 29.4 Å². The van der Waals surface area contributed by atoms with Crippen molar-refractivity contribution in [1.29, 1.82) is 0 Å². The summed E-state index contributed by atoms with van der Waals surface area (Å²) in [7, 11) is 0. The van der Waals surface area contributed by atoms with Gasteiger partial charge in [0, 0.05) is 16.5 Å². The van der Waals surface area contributed by atoms with Gasteiger partial charge in [0.25, 0.3) is 5.91 Å². The van der Waals surface area contributed by atoms with E-state index >= 15 is 0 Å². The monoisotopic (exact) mass is 457 g/mol. The molecule has 0 aliphatic carbocycles. The molecule has 0 atom stereocenters. The maximum Gasteiger partial charge on any atom is 0.254 e. The van der Waals surface area contributed by atoms with Crippen LogP contribution in [0, 0.1) is 0 Å². The molecule has 0 fully saturated rings. The van der Waals surface area contributed by atoms with Gasteiger partial charge in [-0.25, -0.2) is 4.98 Å². The molecule has 1 aromatic heterocycles. The number of fused-ring (bicyclic) bond motifs is 1. The Morgan fingerprint density at radius 2 is 1.90 bits per heavy atom. The van der Waals surface area contributed by atoms with Crippen molar-refractivity contribution in [2.45, 2.75) is 11.3 Å². The van der Waals surface area contributed by atoms with Gasteiger partial charge >= 0.3 is 0 Å². The van der Waals surface area contributed by atoms with Gasteiger partial charge in [-0.05, 0) is 36.2 Å². The SMILES string of the molecule is O=C(NCCc1ccccc1Cl)c1cc(N2C(=O)CSc3ccccc32)cnc1Cl. The van der Waals surface area contributed by atoms with E-state index in [-0.39, 0.29) is 22.5 Å². The summed E-state index contributed by atoms with van der Waals surface area (Å²) < 4.78 is 0. The van der Waals surface area contributed by atoms with Gasteiger partial charge in [0.1, 0.15) is 5.15 Å². The van der Waals surface area contributed by atoms with E-state index in [1.54, 1.807) is 11.0 Å². The number of anilines is 2. The molecule has 1 aliphatic heterocycles. The predicted octanol–water partition coefficient (Wildman–Crippen LogP) is 5.13. The van der Waals surface area contributed by atoms with Crippen LogP contribution in [0.3, 0.4) is 0 Å². The third-order valence-corrected chi connectivity index (χ3v) is 6.39. The predicted molar refractivity (Wildman–Crippen MR) is 121 cm³/mol. The summed E-state index contributed by atoms with van der Waals surface area (Å²) in [6, 6.07) is 16.7. The lowest BCUT2D eigenvalue weighted by atomic mass is 10.1. The van der Waals surface area contributed by atoms with Gasteiger partial charge < -0.3 is 5.32 Å². The number of rotatable bonds is 5. The van der Waals surface area contributed by atoms with E-state index in [2.05, 4.69) is 10.3 Å². The highest BCUT2D eigenvalue weighted by Crippen LogP contribution is 2.39. The van der Waals surface area contributed by atoms with Crippen molar-refractivity contribution >= 4 is 58.2 Å². The van der Waals surface area contributed by atoms with E-state index in [1.165, 1.54) is 18.0 Å². The molecule has 1 N–H and O–H groups in total. The van der Waals surface area contributed by atoms with Crippen LogP contribution >= 0.6 is 35.0 Å². The van der Waals surface area contributed by atoms with Crippen LogP contribution in [0.5, 0.6) is 0 Å². The van der Waals surface area contributed by atoms with Crippen LogP contribution in [0.25, 0.3) is 0 Å². The van der Waals surface area contributed by atoms with Gasteiger partial charge in [0.05, 0.1) is 28.9 Å². The summed E-state index contributed by atoms with van der Waals surface area (Å²) in [5, 5.41) is 3.59. The van der Waals surface area contributed by atoms with Crippen LogP contribution in [0.15, 0.2) is 65.7 Å². The number of hydrogen-bond acceptors (Lipinski definition) is 4. The molecule has 0 radical (unpaired) electrons. The summed E-state index contributed by atoms with van der Waals surface area (Å²) in [6.07, 6.45) is 2.10. The second kappa shape index (κ2) is 9.08. The number of hydrogen-bond donors (Lipinski definition) is 1. The van der Waals surface area contributed by atoms with Crippen LogP contribution in [0.2, 0.25) is 10.2 Å². The Morgan fingerprint density at radius 1 is 1.13 bits per heavy atom. The zero-order valence-electron chi connectivity index (χ0n) is 15.8. The number of aromatic nitrogens is 1. The fourth-order valence-electron chi connectivity index (χ4n) is 3.21. The van der Waals surface area contributed by atoms with Crippen molar-refractivity contribution in [2.75, 3.05) is 17.2 Å². The van der Waals surface area contributed by atoms with Crippen molar-refractivity contribution in [3.8, 4) is 0 Å². The maximum atomic E-state index is 12.7. The molecule has 5 nitrogen and oxygen atoms in total. The van der Waals surface area contributed by atoms with Crippen molar-refractivity contribution in [1.82, 2.24) is 10.3 Å². The van der Waals surface area contributed by atoms with Gasteiger partial charge in [-0.2, -0.15) is 0 Å². The molecule has 0 unspecified atom stereocenters. The summed E-state index contributed by atoms with van der Waals surface area (Å²) >= 11 is 13.8. The van der Waals surface area contributed by atoms with Gasteiger partial charge in [-0.3, -0.25) is 14.5 Å². The van der Waals surface area contributed by atoms with Gasteiger partial charge in [-0.1, -0.05) is 53.5 Å². The maximum absolute atomic E-state index is 12.7. The van der Waals surface area contributed by atoms with Crippen molar-refractivity contribution in [2.24, 2.45) is 0 Å². The number of carbonyl (C=O) groups is 2. The minimum atomic E-state index is -0.353. The average molecular weight is 458 g/mol. The van der Waals surface area contributed by atoms with Crippen LogP contribution in [-0.4, -0.2) is 29.1 Å². The summed E-state index contributed by atoms with van der Waals surface area (Å²) in [4.78, 5) is 32.1. The third-order valence-electron chi connectivity index (χ3n) is 4.67. The highest BCUT2D eigenvalue weighted by molar-refractivity contribution is 8.00. The lowest BCUT2D eigenvalue weighted by Crippen LogP contribution is -2.32. The molecule has 0 saturated carbocycles. The molecule has 0 saturated heterocycles. The van der Waals surface area contributed by atoms with Crippen molar-refractivity contribution in [3.05, 3.63) is 82.1 Å². The smallest absolute Gasteiger partial charge is 0.254 e. The Kier molecular flexibility index (Phi) is 6.27. The topological polar surface area (TPSA) is 62.3 Å². The zero-order valence-corrected chi connectivity index (χ0v) is 18.1. The fraction of sp³-hybridized carbons (Fsp3) is 0.136. The zero-order chi connectivity index (χ0) is 21.1. The molecule has 30 heavy (non-hydrogen) atoms. The lowest BCUT2D eigenvalue weighted by molar-refractivity contribution is -0.115. The summed E-state index contributed by atoms with van der Waals surface area (Å²) in [5.41, 5.74) is 2.45. The Balaban J connectivity index is 1.54. The standard InChI is InChI=1S/C22H17Cl2N3O2S/c23-17-6-2-1-5-14(17)9-10-25-22(29)16-11-15(12-26-21(16)24)27-18-7-3-4-8-19(18)30-13-20(27)28/h1-8,11-12H,9-10,13H2,(H,25,29). The Labute approximate surface area is 188 Å². The Hall–Kier alpha value is -2.54. The lowest BCUT2D eigenvalue weighted by Gasteiger charge is -2.29. The molecule has 8 heteroatoms. The van der Waals surface area contributed by atoms with Crippen molar-refractivity contribution in [3.63, 3.8) is 0 Å². The van der Waals surface area contributed by atoms with Crippen LogP contribution in [-0.2, 0) is 11.2 Å². The molecule has 0 spiro atoms. The number of amides is 2. The Bertz CT molecular complexity index is 1120. The first-order valence-electron chi connectivity index (χ1n) is 9.26. The first-order valence-corrected chi connectivity index (χ1v) is 11.0. The average Bonchev–Trinajstić information content (AvgIpc) is 2.75. The number of nitrogens with one attached hydrogen (secondary N) is 1. The van der Waals surface area contributed by atoms with E-state index < -0.39 is 0 Å². The summed E-state index contributed by atoms with van der Waals surface area (Å²) in [5.74, 6) is -0.111. The Morgan fingerprint density at radius 3 is 2.73 bits per heavy atom. The molecular formula is C22H17Cl2N3O2S. The number of pyridine rings is 1. The minimum absolute atomic E-state index is 0.0760. The molecule has 3 aromatic rings. The number of halogens is 2. The molecule has 2 heterocycles. The number of thioether (sulfide) groups is 1. The van der Waals surface area contributed by atoms with Gasteiger partial charge in [-0.15, -0.1) is 11.8 Å². The molecular weight excluding hydrogens is 441 g/mol. The second-order valence-electron chi connectivity index (χ2n) is 6.61. The van der Waals surface area contributed by atoms with Gasteiger partial charge in [0.15, 0.2) is 0 Å². The number of nitrogens with zero attached hydrogens (tertiary/aromatic N) is 2. The molecule has 0 bridgehead atoms. The normalized spacial score (nSPS) is 13.1. The number of carbonyl (C=O) groups excluding carboxylic acids is 2. The minimum Gasteiger partial charge on any atom is -0.352 e. The molecule has 1 aliphatic rings. The van der Waals surface area contributed by atoms with Crippen LogP contribution in [0.1, 0.15) is 15.9 Å². The first kappa shape index (κ1) is 20.7. The number of para-hydroxylation sites is 1. The van der Waals surface area contributed by atoms with Crippen molar-refractivity contribution < 1.29 is 9.59 Å². The van der Waals surface area contributed by atoms with E-state index in [1.807, 2.05) is 48.5 Å². The largest absolute Gasteiger partial charge is 0.352 e. The molecule has 152 valence electrons. The third kappa shape index (κ3) is 4.31. The quantitative estimate of drug-likeness (QED) is 0.539. The van der Waals surface area contributed by atoms with E-state index in [4.69, 9.17) is 23.2 Å². The van der Waals surface area contributed by atoms with E-state index in [0.717, 1.165) is 16.1 Å². The van der Waals surface area contributed by atoms with E-state index in [9.17, 15) is 9.59 Å². The number of benzene rings is 2. The highest BCUT2D eigenvalue weighted by Gasteiger charge is 2.27. The molecule has 2 amide bonds. The van der Waals surface area contributed by atoms with Crippen LogP contribution < -0.4 is 10.2 Å². The van der Waals surface area contributed by atoms with Crippen LogP contribution in [0.4, 0.5) is 11.4 Å². The molecule has 4 rings (SSSR count). The van der Waals surface area contributed by atoms with Gasteiger partial charge in [0.2, 0.25) is 5.91 Å². The highest BCUT2D eigenvalue weighted by atomic mass is 35.5. The first-order chi connectivity index (χ1) is 14.5. The summed E-state index contributed by atoms with van der Waals surface area (Å²) in [6.45, 7) is 0.394. The fourth-order valence-corrected chi connectivity index (χ4v) is 4.52.